The van der Waals surface area contributed by atoms with E-state index in [1.165, 1.54) is 0 Å². The van der Waals surface area contributed by atoms with E-state index >= 15 is 0 Å². The van der Waals surface area contributed by atoms with Crippen molar-refractivity contribution in [3.63, 3.8) is 0 Å². The Morgan fingerprint density at radius 1 is 1.18 bits per heavy atom. The zero-order valence-corrected chi connectivity index (χ0v) is 14.0. The van der Waals surface area contributed by atoms with Gasteiger partial charge < -0.3 is 15.4 Å². The van der Waals surface area contributed by atoms with Gasteiger partial charge in [0, 0.05) is 16.7 Å². The van der Waals surface area contributed by atoms with Gasteiger partial charge in [0.25, 0.3) is 0 Å². The number of hydrogen-bond donors (Lipinski definition) is 2. The third-order valence-electron chi connectivity index (χ3n) is 3.18. The molecule has 4 nitrogen and oxygen atoms in total. The summed E-state index contributed by atoms with van der Waals surface area (Å²) in [5, 5.41) is 6.00. The SMILES string of the molecule is COc1cccc(CCNC(=O)CNc2ccccc2Br)c1. The Morgan fingerprint density at radius 2 is 2.00 bits per heavy atom. The highest BCUT2D eigenvalue weighted by molar-refractivity contribution is 9.10. The average molecular weight is 363 g/mol. The van der Waals surface area contributed by atoms with Crippen molar-refractivity contribution in [1.29, 1.82) is 0 Å². The Hall–Kier alpha value is -2.01. The van der Waals surface area contributed by atoms with E-state index in [1.807, 2.05) is 48.5 Å². The van der Waals surface area contributed by atoms with E-state index in [2.05, 4.69) is 26.6 Å². The second-order valence-electron chi connectivity index (χ2n) is 4.78. The number of methoxy groups -OCH3 is 1. The third-order valence-corrected chi connectivity index (χ3v) is 3.87. The molecule has 0 aromatic heterocycles. The lowest BCUT2D eigenvalue weighted by Gasteiger charge is -2.09. The molecule has 0 saturated heterocycles. The van der Waals surface area contributed by atoms with E-state index in [4.69, 9.17) is 4.74 Å². The van der Waals surface area contributed by atoms with Gasteiger partial charge in [-0.25, -0.2) is 0 Å². The van der Waals surface area contributed by atoms with Crippen molar-refractivity contribution in [2.75, 3.05) is 25.5 Å². The molecular weight excluding hydrogens is 344 g/mol. The predicted molar refractivity (Wildman–Crippen MR) is 92.3 cm³/mol. The molecule has 0 atom stereocenters. The lowest BCUT2D eigenvalue weighted by molar-refractivity contribution is -0.119. The summed E-state index contributed by atoms with van der Waals surface area (Å²) in [6.45, 7) is 0.852. The molecule has 2 rings (SSSR count). The van der Waals surface area contributed by atoms with Crippen molar-refractivity contribution >= 4 is 27.5 Å². The number of carbonyl (C=O) groups is 1. The number of nitrogens with one attached hydrogen (secondary N) is 2. The summed E-state index contributed by atoms with van der Waals surface area (Å²) >= 11 is 3.44. The molecule has 0 aliphatic carbocycles. The van der Waals surface area contributed by atoms with Crippen LogP contribution in [-0.2, 0) is 11.2 Å². The first-order valence-electron chi connectivity index (χ1n) is 7.07. The van der Waals surface area contributed by atoms with Crippen LogP contribution in [0.4, 0.5) is 5.69 Å². The highest BCUT2D eigenvalue weighted by Gasteiger charge is 2.03. The lowest BCUT2D eigenvalue weighted by atomic mass is 10.1. The fourth-order valence-electron chi connectivity index (χ4n) is 2.02. The molecule has 0 spiro atoms. The van der Waals surface area contributed by atoms with Gasteiger partial charge in [0.15, 0.2) is 0 Å². The molecule has 0 saturated carbocycles. The minimum absolute atomic E-state index is 0.0290. The Bertz CT molecular complexity index is 632. The van der Waals surface area contributed by atoms with Crippen LogP contribution in [0.5, 0.6) is 5.75 Å². The van der Waals surface area contributed by atoms with Gasteiger partial charge in [-0.2, -0.15) is 0 Å². The largest absolute Gasteiger partial charge is 0.497 e. The number of halogens is 1. The summed E-state index contributed by atoms with van der Waals surface area (Å²) in [5.74, 6) is 0.804. The highest BCUT2D eigenvalue weighted by Crippen LogP contribution is 2.20. The molecule has 2 aromatic carbocycles. The topological polar surface area (TPSA) is 50.4 Å². The molecule has 0 fully saturated rings. The number of amides is 1. The highest BCUT2D eigenvalue weighted by atomic mass is 79.9. The first-order valence-corrected chi connectivity index (χ1v) is 7.86. The molecule has 0 bridgehead atoms. The van der Waals surface area contributed by atoms with Crippen LogP contribution in [0.3, 0.4) is 0 Å². The molecule has 2 N–H and O–H groups in total. The Balaban J connectivity index is 1.72. The molecule has 1 amide bonds. The van der Waals surface area contributed by atoms with Gasteiger partial charge in [0.05, 0.1) is 13.7 Å². The monoisotopic (exact) mass is 362 g/mol. The predicted octanol–water partition coefficient (Wildman–Crippen LogP) is 3.23. The van der Waals surface area contributed by atoms with E-state index in [1.54, 1.807) is 7.11 Å². The number of ether oxygens (including phenoxy) is 1. The summed E-state index contributed by atoms with van der Waals surface area (Å²) < 4.78 is 6.12. The summed E-state index contributed by atoms with van der Waals surface area (Å²) in [6, 6.07) is 15.6. The van der Waals surface area contributed by atoms with Crippen LogP contribution in [0.2, 0.25) is 0 Å². The molecule has 0 aliphatic heterocycles. The minimum Gasteiger partial charge on any atom is -0.497 e. The van der Waals surface area contributed by atoms with E-state index in [0.29, 0.717) is 6.54 Å². The molecular formula is C17H19BrN2O2. The maximum atomic E-state index is 11.8. The fraction of sp³-hybridized carbons (Fsp3) is 0.235. The molecule has 0 aliphatic rings. The van der Waals surface area contributed by atoms with Crippen LogP contribution in [0.15, 0.2) is 53.0 Å². The van der Waals surface area contributed by atoms with Gasteiger partial charge in [0.2, 0.25) is 5.91 Å². The second-order valence-corrected chi connectivity index (χ2v) is 5.64. The fourth-order valence-corrected chi connectivity index (χ4v) is 2.44. The quantitative estimate of drug-likeness (QED) is 0.794. The molecule has 2 aromatic rings. The molecule has 0 heterocycles. The zero-order valence-electron chi connectivity index (χ0n) is 12.4. The van der Waals surface area contributed by atoms with Gasteiger partial charge >= 0.3 is 0 Å². The van der Waals surface area contributed by atoms with Crippen molar-refractivity contribution in [2.24, 2.45) is 0 Å². The first-order chi connectivity index (χ1) is 10.7. The number of anilines is 1. The van der Waals surface area contributed by atoms with Crippen LogP contribution < -0.4 is 15.4 Å². The maximum absolute atomic E-state index is 11.8. The third kappa shape index (κ3) is 5.07. The van der Waals surface area contributed by atoms with Crippen LogP contribution in [0.1, 0.15) is 5.56 Å². The van der Waals surface area contributed by atoms with Gasteiger partial charge in [0.1, 0.15) is 5.75 Å². The minimum atomic E-state index is -0.0290. The Kier molecular flexibility index (Phi) is 6.27. The standard InChI is InChI=1S/C17H19BrN2O2/c1-22-14-6-4-5-13(11-14)9-10-19-17(21)12-20-16-8-3-2-7-15(16)18/h2-8,11,20H,9-10,12H2,1H3,(H,19,21). The van der Waals surface area contributed by atoms with E-state index in [9.17, 15) is 4.79 Å². The number of benzene rings is 2. The Labute approximate surface area is 139 Å². The van der Waals surface area contributed by atoms with Crippen molar-refractivity contribution in [2.45, 2.75) is 6.42 Å². The van der Waals surface area contributed by atoms with Crippen LogP contribution in [0, 0.1) is 0 Å². The van der Waals surface area contributed by atoms with Crippen LogP contribution >= 0.6 is 15.9 Å². The maximum Gasteiger partial charge on any atom is 0.239 e. The van der Waals surface area contributed by atoms with Crippen molar-refractivity contribution in [3.05, 3.63) is 58.6 Å². The Morgan fingerprint density at radius 3 is 2.77 bits per heavy atom. The summed E-state index contributed by atoms with van der Waals surface area (Å²) in [4.78, 5) is 11.8. The first kappa shape index (κ1) is 16.4. The number of carbonyl (C=O) groups excluding carboxylic acids is 1. The van der Waals surface area contributed by atoms with Gasteiger partial charge in [-0.05, 0) is 52.2 Å². The lowest BCUT2D eigenvalue weighted by Crippen LogP contribution is -2.31. The molecule has 0 radical (unpaired) electrons. The van der Waals surface area contributed by atoms with Gasteiger partial charge in [-0.3, -0.25) is 4.79 Å². The van der Waals surface area contributed by atoms with E-state index < -0.39 is 0 Å². The molecule has 116 valence electrons. The average Bonchev–Trinajstić information content (AvgIpc) is 2.54. The normalized spacial score (nSPS) is 10.1. The van der Waals surface area contributed by atoms with Gasteiger partial charge in [-0.15, -0.1) is 0 Å². The summed E-state index contributed by atoms with van der Waals surface area (Å²) in [7, 11) is 1.65. The smallest absolute Gasteiger partial charge is 0.239 e. The van der Waals surface area contributed by atoms with Gasteiger partial charge in [-0.1, -0.05) is 24.3 Å². The molecule has 0 unspecified atom stereocenters. The van der Waals surface area contributed by atoms with Crippen molar-refractivity contribution in [3.8, 4) is 5.75 Å². The summed E-state index contributed by atoms with van der Waals surface area (Å²) in [5.41, 5.74) is 2.05. The number of hydrogen-bond acceptors (Lipinski definition) is 3. The van der Waals surface area contributed by atoms with Crippen LogP contribution in [-0.4, -0.2) is 26.1 Å². The zero-order chi connectivity index (χ0) is 15.8. The second kappa shape index (κ2) is 8.44. The van der Waals surface area contributed by atoms with Crippen molar-refractivity contribution < 1.29 is 9.53 Å². The van der Waals surface area contributed by atoms with E-state index in [0.717, 1.165) is 27.9 Å². The summed E-state index contributed by atoms with van der Waals surface area (Å²) in [6.07, 6.45) is 0.776. The molecule has 5 heteroatoms. The molecule has 22 heavy (non-hydrogen) atoms. The number of para-hydroxylation sites is 1. The number of rotatable bonds is 7. The van der Waals surface area contributed by atoms with Crippen molar-refractivity contribution in [1.82, 2.24) is 5.32 Å². The van der Waals surface area contributed by atoms with E-state index in [-0.39, 0.29) is 12.5 Å². The van der Waals surface area contributed by atoms with Crippen LogP contribution in [0.25, 0.3) is 0 Å².